The molecule has 0 aliphatic rings. The smallest absolute Gasteiger partial charge is 0.410 e. The molecule has 1 aromatic carbocycles. The van der Waals surface area contributed by atoms with Gasteiger partial charge in [-0.2, -0.15) is 0 Å². The van der Waals surface area contributed by atoms with Gasteiger partial charge in [0, 0.05) is 24.2 Å². The highest BCUT2D eigenvalue weighted by Gasteiger charge is 2.12. The Morgan fingerprint density at radius 3 is 2.70 bits per heavy atom. The van der Waals surface area contributed by atoms with E-state index < -0.39 is 6.09 Å². The summed E-state index contributed by atoms with van der Waals surface area (Å²) in [6.45, 7) is 6.26. The van der Waals surface area contributed by atoms with Gasteiger partial charge in [0.05, 0.1) is 0 Å². The van der Waals surface area contributed by atoms with E-state index in [0.717, 1.165) is 12.8 Å². The molecule has 0 saturated heterocycles. The number of hydrogen-bond acceptors (Lipinski definition) is 3. The summed E-state index contributed by atoms with van der Waals surface area (Å²) in [5.41, 5.74) is 0.625. The molecule has 1 unspecified atom stereocenters. The Balaban J connectivity index is 2.63. The van der Waals surface area contributed by atoms with Gasteiger partial charge in [-0.1, -0.05) is 26.3 Å². The molecule has 0 aliphatic heterocycles. The first-order valence-corrected chi connectivity index (χ1v) is 6.93. The zero-order valence-electron chi connectivity index (χ0n) is 12.2. The third-order valence-electron chi connectivity index (χ3n) is 2.80. The fourth-order valence-electron chi connectivity index (χ4n) is 1.75. The van der Waals surface area contributed by atoms with E-state index in [2.05, 4.69) is 10.6 Å². The molecule has 0 aliphatic carbocycles. The molecule has 0 aromatic heterocycles. The lowest BCUT2D eigenvalue weighted by atomic mass is 10.1. The van der Waals surface area contributed by atoms with E-state index in [1.807, 2.05) is 20.8 Å². The van der Waals surface area contributed by atoms with Crippen molar-refractivity contribution in [1.29, 1.82) is 0 Å². The number of benzene rings is 1. The van der Waals surface area contributed by atoms with Crippen LogP contribution in [0.15, 0.2) is 24.3 Å². The number of amides is 2. The van der Waals surface area contributed by atoms with E-state index in [4.69, 9.17) is 4.74 Å². The van der Waals surface area contributed by atoms with Gasteiger partial charge in [-0.15, -0.1) is 0 Å². The number of rotatable bonds is 6. The van der Waals surface area contributed by atoms with Crippen LogP contribution in [0.5, 0.6) is 5.75 Å². The Morgan fingerprint density at radius 1 is 1.30 bits per heavy atom. The summed E-state index contributed by atoms with van der Waals surface area (Å²) in [7, 11) is 0. The molecule has 2 N–H and O–H groups in total. The van der Waals surface area contributed by atoms with Gasteiger partial charge in [0.25, 0.3) is 0 Å². The average Bonchev–Trinajstić information content (AvgIpc) is 2.39. The minimum atomic E-state index is -0.504. The van der Waals surface area contributed by atoms with Crippen molar-refractivity contribution in [3.63, 3.8) is 0 Å². The molecule has 0 fully saturated rings. The zero-order valence-corrected chi connectivity index (χ0v) is 12.2. The zero-order chi connectivity index (χ0) is 15.0. The van der Waals surface area contributed by atoms with Crippen molar-refractivity contribution in [1.82, 2.24) is 5.32 Å². The van der Waals surface area contributed by atoms with E-state index in [0.29, 0.717) is 18.0 Å². The monoisotopic (exact) mass is 278 g/mol. The average molecular weight is 278 g/mol. The summed E-state index contributed by atoms with van der Waals surface area (Å²) < 4.78 is 5.08. The van der Waals surface area contributed by atoms with Crippen LogP contribution in [0, 0.1) is 5.92 Å². The second-order valence-corrected chi connectivity index (χ2v) is 4.63. The molecule has 0 bridgehead atoms. The molecule has 0 heterocycles. The number of ether oxygens (including phenoxy) is 1. The summed E-state index contributed by atoms with van der Waals surface area (Å²) in [6, 6.07) is 6.79. The first-order chi connectivity index (χ1) is 9.56. The van der Waals surface area contributed by atoms with Gasteiger partial charge in [-0.05, 0) is 25.5 Å². The molecule has 1 rings (SSSR count). The van der Waals surface area contributed by atoms with E-state index in [1.165, 1.54) is 0 Å². The quantitative estimate of drug-likeness (QED) is 0.839. The van der Waals surface area contributed by atoms with Crippen molar-refractivity contribution < 1.29 is 14.3 Å². The fraction of sp³-hybridized carbons (Fsp3) is 0.467. The first kappa shape index (κ1) is 16.0. The summed E-state index contributed by atoms with van der Waals surface area (Å²) in [4.78, 5) is 23.2. The predicted molar refractivity (Wildman–Crippen MR) is 78.8 cm³/mol. The molecule has 5 nitrogen and oxygen atoms in total. The number of nitrogens with one attached hydrogen (secondary N) is 2. The number of carbonyl (C=O) groups is 2. The maximum atomic E-state index is 11.9. The highest BCUT2D eigenvalue weighted by atomic mass is 16.6. The summed E-state index contributed by atoms with van der Waals surface area (Å²) >= 11 is 0. The maximum absolute atomic E-state index is 11.9. The number of anilines is 1. The molecular formula is C15H22N2O3. The standard InChI is InChI=1S/C15H22N2O3/c1-4-7-11(3)14(18)17-12-8-6-9-13(10-12)20-15(19)16-5-2/h6,8-11H,4-5,7H2,1-3H3,(H,16,19)(H,17,18). The third-order valence-corrected chi connectivity index (χ3v) is 2.80. The van der Waals surface area contributed by atoms with E-state index in [1.54, 1.807) is 24.3 Å². The lowest BCUT2D eigenvalue weighted by Gasteiger charge is -2.12. The van der Waals surface area contributed by atoms with Crippen LogP contribution in [0.1, 0.15) is 33.6 Å². The van der Waals surface area contributed by atoms with Crippen molar-refractivity contribution in [2.45, 2.75) is 33.6 Å². The largest absolute Gasteiger partial charge is 0.412 e. The van der Waals surface area contributed by atoms with Gasteiger partial charge in [0.1, 0.15) is 5.75 Å². The van der Waals surface area contributed by atoms with E-state index in [9.17, 15) is 9.59 Å². The Morgan fingerprint density at radius 2 is 2.05 bits per heavy atom. The van der Waals surface area contributed by atoms with Crippen molar-refractivity contribution in [3.8, 4) is 5.75 Å². The van der Waals surface area contributed by atoms with E-state index in [-0.39, 0.29) is 11.8 Å². The van der Waals surface area contributed by atoms with Gasteiger partial charge in [0.15, 0.2) is 0 Å². The van der Waals surface area contributed by atoms with Crippen LogP contribution in [0.25, 0.3) is 0 Å². The van der Waals surface area contributed by atoms with Crippen LogP contribution in [0.4, 0.5) is 10.5 Å². The van der Waals surface area contributed by atoms with Crippen LogP contribution < -0.4 is 15.4 Å². The normalized spacial score (nSPS) is 11.6. The SMILES string of the molecule is CCCC(C)C(=O)Nc1cccc(OC(=O)NCC)c1. The van der Waals surface area contributed by atoms with Crippen LogP contribution >= 0.6 is 0 Å². The molecule has 110 valence electrons. The third kappa shape index (κ3) is 5.30. The molecule has 1 atom stereocenters. The first-order valence-electron chi connectivity index (χ1n) is 6.93. The summed E-state index contributed by atoms with van der Waals surface area (Å²) in [6.07, 6.45) is 1.31. The Bertz CT molecular complexity index is 460. The molecule has 0 radical (unpaired) electrons. The Labute approximate surface area is 119 Å². The van der Waals surface area contributed by atoms with Crippen LogP contribution in [0.2, 0.25) is 0 Å². The second-order valence-electron chi connectivity index (χ2n) is 4.63. The van der Waals surface area contributed by atoms with Crippen molar-refractivity contribution in [2.24, 2.45) is 5.92 Å². The highest BCUT2D eigenvalue weighted by Crippen LogP contribution is 2.18. The van der Waals surface area contributed by atoms with Gasteiger partial charge >= 0.3 is 6.09 Å². The molecule has 0 spiro atoms. The van der Waals surface area contributed by atoms with Crippen LogP contribution in [0.3, 0.4) is 0 Å². The molecule has 2 amide bonds. The number of carbonyl (C=O) groups excluding carboxylic acids is 2. The highest BCUT2D eigenvalue weighted by molar-refractivity contribution is 5.92. The lowest BCUT2D eigenvalue weighted by molar-refractivity contribution is -0.119. The molecular weight excluding hydrogens is 256 g/mol. The topological polar surface area (TPSA) is 67.4 Å². The van der Waals surface area contributed by atoms with Crippen molar-refractivity contribution in [3.05, 3.63) is 24.3 Å². The van der Waals surface area contributed by atoms with Gasteiger partial charge in [-0.25, -0.2) is 4.79 Å². The van der Waals surface area contributed by atoms with Crippen molar-refractivity contribution >= 4 is 17.7 Å². The minimum absolute atomic E-state index is 0.0259. The maximum Gasteiger partial charge on any atom is 0.412 e. The van der Waals surface area contributed by atoms with Crippen LogP contribution in [-0.4, -0.2) is 18.5 Å². The Kier molecular flexibility index (Phi) is 6.56. The molecule has 0 saturated carbocycles. The summed E-state index contributed by atoms with van der Waals surface area (Å²) in [5.74, 6) is 0.340. The van der Waals surface area contributed by atoms with E-state index >= 15 is 0 Å². The number of hydrogen-bond donors (Lipinski definition) is 2. The molecule has 5 heteroatoms. The molecule has 20 heavy (non-hydrogen) atoms. The van der Waals surface area contributed by atoms with Gasteiger partial charge < -0.3 is 15.4 Å². The minimum Gasteiger partial charge on any atom is -0.410 e. The second kappa shape index (κ2) is 8.19. The summed E-state index contributed by atoms with van der Waals surface area (Å²) in [5, 5.41) is 5.36. The van der Waals surface area contributed by atoms with Crippen LogP contribution in [-0.2, 0) is 4.79 Å². The fourth-order valence-corrected chi connectivity index (χ4v) is 1.75. The Hall–Kier alpha value is -2.04. The van der Waals surface area contributed by atoms with Gasteiger partial charge in [-0.3, -0.25) is 4.79 Å². The predicted octanol–water partition coefficient (Wildman–Crippen LogP) is 3.17. The lowest BCUT2D eigenvalue weighted by Crippen LogP contribution is -2.26. The van der Waals surface area contributed by atoms with Crippen molar-refractivity contribution in [2.75, 3.05) is 11.9 Å². The van der Waals surface area contributed by atoms with Gasteiger partial charge in [0.2, 0.25) is 5.91 Å². The molecule has 1 aromatic rings.